The average molecular weight is 435 g/mol. The van der Waals surface area contributed by atoms with Gasteiger partial charge in [0.05, 0.1) is 6.54 Å². The molecule has 0 bridgehead atoms. The second-order valence-corrected chi connectivity index (χ2v) is 7.92. The van der Waals surface area contributed by atoms with Crippen molar-refractivity contribution in [3.8, 4) is 0 Å². The van der Waals surface area contributed by atoms with Gasteiger partial charge in [-0.1, -0.05) is 13.0 Å². The van der Waals surface area contributed by atoms with E-state index in [-0.39, 0.29) is 17.3 Å². The smallest absolute Gasteiger partial charge is 0.323 e. The van der Waals surface area contributed by atoms with Crippen LogP contribution in [0, 0.1) is 0 Å². The Hall–Kier alpha value is -2.79. The Morgan fingerprint density at radius 3 is 2.83 bits per heavy atom. The number of aryl methyl sites for hydroxylation is 2. The van der Waals surface area contributed by atoms with E-state index in [1.54, 1.807) is 11.3 Å². The minimum absolute atomic E-state index is 0.0872. The molecule has 12 heteroatoms. The van der Waals surface area contributed by atoms with Crippen LogP contribution in [0.25, 0.3) is 11.2 Å². The van der Waals surface area contributed by atoms with Gasteiger partial charge in [0.2, 0.25) is 5.28 Å². The number of fused-ring (bicyclic) bond motifs is 1. The van der Waals surface area contributed by atoms with Gasteiger partial charge in [-0.05, 0) is 41.1 Å². The molecule has 0 unspecified atom stereocenters. The maximum atomic E-state index is 12.8. The molecule has 0 amide bonds. The fraction of sp³-hybridized carbons (Fsp3) is 0.412. The minimum atomic E-state index is -0.429. The van der Waals surface area contributed by atoms with Crippen LogP contribution in [0.15, 0.2) is 27.1 Å². The van der Waals surface area contributed by atoms with Crippen LogP contribution in [0.1, 0.15) is 30.5 Å². The second kappa shape index (κ2) is 8.29. The van der Waals surface area contributed by atoms with Crippen molar-refractivity contribution in [1.82, 2.24) is 39.3 Å². The first kappa shape index (κ1) is 19.5. The molecule has 0 aliphatic rings. The summed E-state index contributed by atoms with van der Waals surface area (Å²) < 4.78 is 2.68. The van der Waals surface area contributed by atoms with Crippen LogP contribution in [-0.4, -0.2) is 39.3 Å². The van der Waals surface area contributed by atoms with Gasteiger partial charge in [-0.25, -0.2) is 4.79 Å². The zero-order chi connectivity index (χ0) is 20.4. The summed E-state index contributed by atoms with van der Waals surface area (Å²) in [7, 11) is 0. The normalized spacial score (nSPS) is 11.5. The third-order valence-corrected chi connectivity index (χ3v) is 5.48. The van der Waals surface area contributed by atoms with Crippen LogP contribution in [0.2, 0.25) is 5.28 Å². The Labute approximate surface area is 173 Å². The van der Waals surface area contributed by atoms with E-state index in [1.807, 2.05) is 24.4 Å². The Balaban J connectivity index is 1.50. The van der Waals surface area contributed by atoms with Crippen LogP contribution < -0.4 is 11.2 Å². The van der Waals surface area contributed by atoms with Gasteiger partial charge >= 0.3 is 5.69 Å². The molecule has 0 spiro atoms. The van der Waals surface area contributed by atoms with Crippen molar-refractivity contribution >= 4 is 34.1 Å². The molecule has 4 rings (SSSR count). The van der Waals surface area contributed by atoms with Crippen LogP contribution in [-0.2, 0) is 26.1 Å². The minimum Gasteiger partial charge on any atom is -0.323 e. The Kier molecular flexibility index (Phi) is 5.58. The monoisotopic (exact) mass is 434 g/mol. The lowest BCUT2D eigenvalue weighted by Gasteiger charge is -2.10. The van der Waals surface area contributed by atoms with E-state index in [0.717, 1.165) is 6.42 Å². The Bertz CT molecular complexity index is 1240. The molecule has 29 heavy (non-hydrogen) atoms. The number of imidazole rings is 1. The highest BCUT2D eigenvalue weighted by atomic mass is 35.5. The van der Waals surface area contributed by atoms with E-state index >= 15 is 0 Å². The molecule has 0 aliphatic carbocycles. The third kappa shape index (κ3) is 4.01. The van der Waals surface area contributed by atoms with Crippen molar-refractivity contribution in [3.63, 3.8) is 0 Å². The number of tetrazole rings is 1. The molecule has 0 aliphatic heterocycles. The maximum absolute atomic E-state index is 12.8. The highest BCUT2D eigenvalue weighted by Gasteiger charge is 2.16. The first-order valence-corrected chi connectivity index (χ1v) is 10.5. The van der Waals surface area contributed by atoms with Gasteiger partial charge in [0.1, 0.15) is 0 Å². The highest BCUT2D eigenvalue weighted by molar-refractivity contribution is 7.09. The summed E-state index contributed by atoms with van der Waals surface area (Å²) in [6.07, 6.45) is 1.87. The number of rotatable bonds is 8. The number of hydrogen-bond donors (Lipinski definition) is 1. The molecular formula is C17H19ClN8O2S. The molecule has 0 saturated carbocycles. The number of aromatic amines is 1. The van der Waals surface area contributed by atoms with Gasteiger partial charge in [0.15, 0.2) is 17.0 Å². The van der Waals surface area contributed by atoms with Gasteiger partial charge in [-0.15, -0.1) is 21.5 Å². The van der Waals surface area contributed by atoms with Crippen molar-refractivity contribution in [3.05, 3.63) is 54.3 Å². The van der Waals surface area contributed by atoms with Gasteiger partial charge in [-0.2, -0.15) is 9.78 Å². The average Bonchev–Trinajstić information content (AvgIpc) is 3.44. The summed E-state index contributed by atoms with van der Waals surface area (Å²) in [5.41, 5.74) is -0.293. The molecule has 4 heterocycles. The molecule has 0 aromatic carbocycles. The first-order valence-electron chi connectivity index (χ1n) is 9.24. The Morgan fingerprint density at radius 1 is 1.21 bits per heavy atom. The van der Waals surface area contributed by atoms with Gasteiger partial charge in [0, 0.05) is 24.4 Å². The van der Waals surface area contributed by atoms with Crippen LogP contribution in [0.4, 0.5) is 0 Å². The topological polar surface area (TPSA) is 116 Å². The summed E-state index contributed by atoms with van der Waals surface area (Å²) in [6, 6.07) is 4.01. The maximum Gasteiger partial charge on any atom is 0.332 e. The van der Waals surface area contributed by atoms with Crippen LogP contribution >= 0.6 is 22.9 Å². The molecule has 10 nitrogen and oxygen atoms in total. The largest absolute Gasteiger partial charge is 0.332 e. The number of thiophene rings is 1. The lowest BCUT2D eigenvalue weighted by molar-refractivity contribution is 0.453. The van der Waals surface area contributed by atoms with E-state index in [9.17, 15) is 9.59 Å². The Morgan fingerprint density at radius 2 is 2.07 bits per heavy atom. The number of aromatic nitrogens is 8. The highest BCUT2D eigenvalue weighted by Crippen LogP contribution is 2.12. The quantitative estimate of drug-likeness (QED) is 0.422. The second-order valence-electron chi connectivity index (χ2n) is 6.53. The van der Waals surface area contributed by atoms with E-state index in [2.05, 4.69) is 25.4 Å². The fourth-order valence-corrected chi connectivity index (χ4v) is 4.02. The number of halogens is 1. The molecule has 0 saturated heterocycles. The number of hydrogen-bond acceptors (Lipinski definition) is 7. The van der Waals surface area contributed by atoms with Crippen molar-refractivity contribution in [2.45, 2.75) is 45.8 Å². The lowest BCUT2D eigenvalue weighted by atomic mass is 10.3. The van der Waals surface area contributed by atoms with Gasteiger partial charge in [-0.3, -0.25) is 13.9 Å². The zero-order valence-corrected chi connectivity index (χ0v) is 17.3. The molecule has 4 aromatic heterocycles. The summed E-state index contributed by atoms with van der Waals surface area (Å²) in [6.45, 7) is 3.08. The molecule has 1 N–H and O–H groups in total. The summed E-state index contributed by atoms with van der Waals surface area (Å²) in [4.78, 5) is 35.0. The number of nitrogens with one attached hydrogen (secondary N) is 1. The predicted molar refractivity (Wildman–Crippen MR) is 109 cm³/mol. The molecule has 4 aromatic rings. The lowest BCUT2D eigenvalue weighted by Crippen LogP contribution is -2.40. The fourth-order valence-electron chi connectivity index (χ4n) is 3.14. The molecule has 152 valence electrons. The van der Waals surface area contributed by atoms with Gasteiger partial charge in [0.25, 0.3) is 5.56 Å². The van der Waals surface area contributed by atoms with Crippen molar-refractivity contribution in [1.29, 1.82) is 0 Å². The van der Waals surface area contributed by atoms with E-state index in [1.165, 1.54) is 18.8 Å². The van der Waals surface area contributed by atoms with E-state index in [0.29, 0.717) is 37.4 Å². The summed E-state index contributed by atoms with van der Waals surface area (Å²) in [5.74, 6) is 0.642. The van der Waals surface area contributed by atoms with E-state index in [4.69, 9.17) is 11.6 Å². The molecule has 0 radical (unpaired) electrons. The van der Waals surface area contributed by atoms with Crippen molar-refractivity contribution in [2.24, 2.45) is 0 Å². The first-order chi connectivity index (χ1) is 14.1. The molecule has 0 atom stereocenters. The summed E-state index contributed by atoms with van der Waals surface area (Å²) >= 11 is 7.56. The summed E-state index contributed by atoms with van der Waals surface area (Å²) in [5, 5.41) is 14.6. The number of nitrogens with zero attached hydrogens (tertiary/aromatic N) is 7. The molecule has 0 fully saturated rings. The van der Waals surface area contributed by atoms with E-state index < -0.39 is 11.2 Å². The van der Waals surface area contributed by atoms with Gasteiger partial charge < -0.3 is 4.98 Å². The molecular weight excluding hydrogens is 416 g/mol. The standard InChI is InChI=1S/C17H19ClN8O2S/c1-2-6-24-14-13(19-16(18)20-14)15(27)25(17(24)28)7-4-8-26-22-12(21-23-26)10-11-5-3-9-29-11/h3,5,9H,2,4,6-8,10H2,1H3,(H,19,20). The third-order valence-electron chi connectivity index (χ3n) is 4.43. The zero-order valence-electron chi connectivity index (χ0n) is 15.7. The predicted octanol–water partition coefficient (Wildman–Crippen LogP) is 1.68. The van der Waals surface area contributed by atoms with Crippen LogP contribution in [0.3, 0.4) is 0 Å². The van der Waals surface area contributed by atoms with Crippen molar-refractivity contribution < 1.29 is 0 Å². The van der Waals surface area contributed by atoms with Crippen molar-refractivity contribution in [2.75, 3.05) is 0 Å². The number of H-pyrrole nitrogens is 1. The SMILES string of the molecule is CCCn1c(=O)n(CCCn2nnc(Cc3cccs3)n2)c(=O)c2[nH]c(Cl)nc21. The van der Waals surface area contributed by atoms with Crippen LogP contribution in [0.5, 0.6) is 0 Å².